The fourth-order valence-corrected chi connectivity index (χ4v) is 1.81. The van der Waals surface area contributed by atoms with Crippen LogP contribution in [0.15, 0.2) is 29.3 Å². The largest absolute Gasteiger partial charge is 0.368 e. The lowest BCUT2D eigenvalue weighted by atomic mass is 10.2. The average Bonchev–Trinajstić information content (AvgIpc) is 3.22. The van der Waals surface area contributed by atoms with Crippen LogP contribution in [0.25, 0.3) is 10.9 Å². The van der Waals surface area contributed by atoms with Crippen molar-refractivity contribution in [2.24, 2.45) is 0 Å². The summed E-state index contributed by atoms with van der Waals surface area (Å²) in [6.07, 6.45) is 3.61. The number of anilines is 1. The van der Waals surface area contributed by atoms with E-state index in [2.05, 4.69) is 15.3 Å². The number of carbonyl (C=O) groups excluding carboxylic acids is 1. The summed E-state index contributed by atoms with van der Waals surface area (Å²) in [6.45, 7) is 0.0320. The van der Waals surface area contributed by atoms with E-state index in [1.54, 1.807) is 18.2 Å². The fourth-order valence-electron chi connectivity index (χ4n) is 1.81. The molecule has 2 N–H and O–H groups in total. The Morgan fingerprint density at radius 2 is 2.32 bits per heavy atom. The number of H-pyrrole nitrogens is 1. The number of benzene rings is 1. The second kappa shape index (κ2) is 4.81. The van der Waals surface area contributed by atoms with Crippen LogP contribution in [0.5, 0.6) is 0 Å². The molecule has 0 bridgehead atoms. The molecule has 1 aliphatic rings. The summed E-state index contributed by atoms with van der Waals surface area (Å²) in [4.78, 5) is 29.9. The molecule has 19 heavy (non-hydrogen) atoms. The molecule has 1 aromatic carbocycles. The SMILES string of the molecule is O=C(COC1CC1)Nc1cccc2c(=O)[nH]cnc12. The summed E-state index contributed by atoms with van der Waals surface area (Å²) < 4.78 is 5.32. The summed E-state index contributed by atoms with van der Waals surface area (Å²) >= 11 is 0. The first kappa shape index (κ1) is 11.9. The summed E-state index contributed by atoms with van der Waals surface area (Å²) in [5.74, 6) is -0.235. The molecule has 0 spiro atoms. The van der Waals surface area contributed by atoms with E-state index in [1.165, 1.54) is 6.33 Å². The number of aromatic nitrogens is 2. The molecule has 1 aromatic heterocycles. The number of amides is 1. The van der Waals surface area contributed by atoms with Crippen LogP contribution in [0.3, 0.4) is 0 Å². The van der Waals surface area contributed by atoms with Crippen molar-refractivity contribution < 1.29 is 9.53 Å². The summed E-state index contributed by atoms with van der Waals surface area (Å²) in [7, 11) is 0. The Bertz CT molecular complexity index is 676. The zero-order chi connectivity index (χ0) is 13.2. The molecule has 0 radical (unpaired) electrons. The van der Waals surface area contributed by atoms with Gasteiger partial charge in [-0.1, -0.05) is 6.07 Å². The minimum absolute atomic E-state index is 0.0320. The number of nitrogens with one attached hydrogen (secondary N) is 2. The number of rotatable bonds is 4. The molecule has 0 atom stereocenters. The standard InChI is InChI=1S/C13H13N3O3/c17-11(6-19-8-4-5-8)16-10-3-1-2-9-12(10)14-7-15-13(9)18/h1-3,7-8H,4-6H2,(H,16,17)(H,14,15,18). The van der Waals surface area contributed by atoms with E-state index in [4.69, 9.17) is 4.74 Å². The zero-order valence-corrected chi connectivity index (χ0v) is 10.2. The van der Waals surface area contributed by atoms with Crippen LogP contribution in [0.4, 0.5) is 5.69 Å². The van der Waals surface area contributed by atoms with Crippen molar-refractivity contribution in [3.8, 4) is 0 Å². The topological polar surface area (TPSA) is 84.1 Å². The van der Waals surface area contributed by atoms with E-state index in [-0.39, 0.29) is 24.2 Å². The maximum Gasteiger partial charge on any atom is 0.258 e. The van der Waals surface area contributed by atoms with Crippen LogP contribution in [0.1, 0.15) is 12.8 Å². The second-order valence-electron chi connectivity index (χ2n) is 4.49. The van der Waals surface area contributed by atoms with Crippen LogP contribution in [-0.4, -0.2) is 28.6 Å². The number of fused-ring (bicyclic) bond motifs is 1. The van der Waals surface area contributed by atoms with E-state index in [1.807, 2.05) is 0 Å². The van der Waals surface area contributed by atoms with Crippen molar-refractivity contribution in [3.05, 3.63) is 34.9 Å². The van der Waals surface area contributed by atoms with Crippen molar-refractivity contribution in [1.82, 2.24) is 9.97 Å². The molecule has 98 valence electrons. The molecule has 2 aromatic rings. The molecule has 1 saturated carbocycles. The number of hydrogen-bond donors (Lipinski definition) is 2. The Balaban J connectivity index is 1.81. The summed E-state index contributed by atoms with van der Waals surface area (Å²) in [5, 5.41) is 3.16. The van der Waals surface area contributed by atoms with Gasteiger partial charge in [0, 0.05) is 0 Å². The van der Waals surface area contributed by atoms with Gasteiger partial charge in [0.1, 0.15) is 12.1 Å². The van der Waals surface area contributed by atoms with Gasteiger partial charge in [0.05, 0.1) is 23.5 Å². The summed E-state index contributed by atoms with van der Waals surface area (Å²) in [6, 6.07) is 5.08. The van der Waals surface area contributed by atoms with E-state index in [0.717, 1.165) is 12.8 Å². The summed E-state index contributed by atoms with van der Waals surface area (Å²) in [5.41, 5.74) is 0.773. The zero-order valence-electron chi connectivity index (χ0n) is 10.2. The quantitative estimate of drug-likeness (QED) is 0.859. The molecule has 0 aliphatic heterocycles. The van der Waals surface area contributed by atoms with Gasteiger partial charge in [0.25, 0.3) is 5.56 Å². The highest BCUT2D eigenvalue weighted by atomic mass is 16.5. The predicted octanol–water partition coefficient (Wildman–Crippen LogP) is 1.04. The third-order valence-corrected chi connectivity index (χ3v) is 2.92. The number of para-hydroxylation sites is 1. The van der Waals surface area contributed by atoms with Crippen molar-refractivity contribution in [2.45, 2.75) is 18.9 Å². The molecule has 1 fully saturated rings. The molecule has 1 amide bonds. The maximum absolute atomic E-state index is 11.7. The van der Waals surface area contributed by atoms with E-state index in [9.17, 15) is 9.59 Å². The Morgan fingerprint density at radius 3 is 3.11 bits per heavy atom. The second-order valence-corrected chi connectivity index (χ2v) is 4.49. The molecular formula is C13H13N3O3. The number of ether oxygens (including phenoxy) is 1. The van der Waals surface area contributed by atoms with E-state index in [0.29, 0.717) is 16.6 Å². The first-order chi connectivity index (χ1) is 9.24. The lowest BCUT2D eigenvalue weighted by Crippen LogP contribution is -2.19. The number of aromatic amines is 1. The Hall–Kier alpha value is -2.21. The first-order valence-corrected chi connectivity index (χ1v) is 6.12. The minimum Gasteiger partial charge on any atom is -0.368 e. The first-order valence-electron chi connectivity index (χ1n) is 6.12. The molecule has 0 unspecified atom stereocenters. The Kier molecular flexibility index (Phi) is 3.00. The highest BCUT2D eigenvalue weighted by Gasteiger charge is 2.23. The van der Waals surface area contributed by atoms with Crippen LogP contribution in [0.2, 0.25) is 0 Å². The highest BCUT2D eigenvalue weighted by molar-refractivity contribution is 6.00. The smallest absolute Gasteiger partial charge is 0.258 e. The van der Waals surface area contributed by atoms with Gasteiger partial charge in [0.15, 0.2) is 0 Å². The Labute approximate surface area is 108 Å². The predicted molar refractivity (Wildman–Crippen MR) is 70.0 cm³/mol. The average molecular weight is 259 g/mol. The fraction of sp³-hybridized carbons (Fsp3) is 0.308. The Morgan fingerprint density at radius 1 is 1.47 bits per heavy atom. The lowest BCUT2D eigenvalue weighted by Gasteiger charge is -2.07. The lowest BCUT2D eigenvalue weighted by molar-refractivity contribution is -0.121. The van der Waals surface area contributed by atoms with Gasteiger partial charge in [-0.15, -0.1) is 0 Å². The maximum atomic E-state index is 11.7. The molecule has 0 saturated heterocycles. The number of hydrogen-bond acceptors (Lipinski definition) is 4. The van der Waals surface area contributed by atoms with Gasteiger partial charge in [-0.05, 0) is 25.0 Å². The van der Waals surface area contributed by atoms with Crippen molar-refractivity contribution in [3.63, 3.8) is 0 Å². The van der Waals surface area contributed by atoms with Gasteiger partial charge in [-0.25, -0.2) is 4.98 Å². The number of nitrogens with zero attached hydrogens (tertiary/aromatic N) is 1. The highest BCUT2D eigenvalue weighted by Crippen LogP contribution is 2.23. The third-order valence-electron chi connectivity index (χ3n) is 2.92. The van der Waals surface area contributed by atoms with Crippen LogP contribution < -0.4 is 10.9 Å². The van der Waals surface area contributed by atoms with Crippen molar-refractivity contribution in [2.75, 3.05) is 11.9 Å². The van der Waals surface area contributed by atoms with Gasteiger partial charge in [0.2, 0.25) is 5.91 Å². The van der Waals surface area contributed by atoms with Gasteiger partial charge < -0.3 is 15.0 Å². The van der Waals surface area contributed by atoms with Gasteiger partial charge in [-0.3, -0.25) is 9.59 Å². The van der Waals surface area contributed by atoms with Crippen molar-refractivity contribution in [1.29, 1.82) is 0 Å². The van der Waals surface area contributed by atoms with Gasteiger partial charge >= 0.3 is 0 Å². The third kappa shape index (κ3) is 2.63. The molecule has 6 nitrogen and oxygen atoms in total. The van der Waals surface area contributed by atoms with Gasteiger partial charge in [-0.2, -0.15) is 0 Å². The van der Waals surface area contributed by atoms with Crippen molar-refractivity contribution >= 4 is 22.5 Å². The van der Waals surface area contributed by atoms with Crippen LogP contribution in [0, 0.1) is 0 Å². The van der Waals surface area contributed by atoms with E-state index < -0.39 is 0 Å². The monoisotopic (exact) mass is 259 g/mol. The molecule has 1 heterocycles. The van der Waals surface area contributed by atoms with Crippen LogP contribution >= 0.6 is 0 Å². The molecule has 6 heteroatoms. The minimum atomic E-state index is -0.235. The normalized spacial score (nSPS) is 14.5. The molecule has 3 rings (SSSR count). The number of carbonyl (C=O) groups is 1. The van der Waals surface area contributed by atoms with E-state index >= 15 is 0 Å². The molecule has 1 aliphatic carbocycles. The molecular weight excluding hydrogens is 246 g/mol. The van der Waals surface area contributed by atoms with Crippen LogP contribution in [-0.2, 0) is 9.53 Å².